The predicted molar refractivity (Wildman–Crippen MR) is 71.6 cm³/mol. The smallest absolute Gasteiger partial charge is 0.0552 e. The molecule has 1 atom stereocenters. The molecule has 0 amide bonds. The molecule has 0 aromatic carbocycles. The van der Waals surface area contributed by atoms with E-state index in [2.05, 4.69) is 39.9 Å². The second-order valence-electron chi connectivity index (χ2n) is 6.50. The summed E-state index contributed by atoms with van der Waals surface area (Å²) in [7, 11) is 0. The Bertz CT molecular complexity index is 161. The minimum absolute atomic E-state index is 0.119. The van der Waals surface area contributed by atoms with Crippen LogP contribution in [0.25, 0.3) is 0 Å². The van der Waals surface area contributed by atoms with Crippen LogP contribution in [0, 0.1) is 11.3 Å². The Hall–Kier alpha value is -0.0800. The van der Waals surface area contributed by atoms with Gasteiger partial charge in [0.15, 0.2) is 0 Å². The number of nitrogens with one attached hydrogen (secondary N) is 1. The summed E-state index contributed by atoms with van der Waals surface area (Å²) in [6.07, 6.45) is 4.10. The standard InChI is InChI=1S/C14H31NO/c1-12(2)7-6-8-13(16)9-10-15-11-14(3,4)5/h12-13,15-16H,6-11H2,1-5H3/t13-/m0/s1. The highest BCUT2D eigenvalue weighted by atomic mass is 16.3. The van der Waals surface area contributed by atoms with Crippen LogP contribution in [-0.2, 0) is 0 Å². The molecule has 0 spiro atoms. The maximum atomic E-state index is 9.75. The monoisotopic (exact) mass is 229 g/mol. The highest BCUT2D eigenvalue weighted by molar-refractivity contribution is 4.66. The van der Waals surface area contributed by atoms with E-state index in [9.17, 15) is 5.11 Å². The fourth-order valence-electron chi connectivity index (χ4n) is 1.64. The van der Waals surface area contributed by atoms with Gasteiger partial charge in [0.2, 0.25) is 0 Å². The SMILES string of the molecule is CC(C)CCC[C@H](O)CCNCC(C)(C)C. The van der Waals surface area contributed by atoms with Crippen LogP contribution in [0.1, 0.15) is 60.3 Å². The van der Waals surface area contributed by atoms with Crippen molar-refractivity contribution in [2.45, 2.75) is 66.4 Å². The van der Waals surface area contributed by atoms with Crippen LogP contribution < -0.4 is 5.32 Å². The minimum atomic E-state index is -0.119. The minimum Gasteiger partial charge on any atom is -0.393 e. The second-order valence-corrected chi connectivity index (χ2v) is 6.50. The third-order valence-corrected chi connectivity index (χ3v) is 2.63. The van der Waals surface area contributed by atoms with E-state index in [-0.39, 0.29) is 6.10 Å². The molecule has 0 aliphatic rings. The van der Waals surface area contributed by atoms with E-state index in [1.807, 2.05) is 0 Å². The van der Waals surface area contributed by atoms with Gasteiger partial charge in [-0.1, -0.05) is 47.5 Å². The van der Waals surface area contributed by atoms with Gasteiger partial charge in [0.1, 0.15) is 0 Å². The van der Waals surface area contributed by atoms with Gasteiger partial charge in [0.05, 0.1) is 6.10 Å². The van der Waals surface area contributed by atoms with E-state index in [0.717, 1.165) is 38.3 Å². The topological polar surface area (TPSA) is 32.3 Å². The summed E-state index contributed by atoms with van der Waals surface area (Å²) in [5.74, 6) is 0.756. The summed E-state index contributed by atoms with van der Waals surface area (Å²) in [4.78, 5) is 0. The highest BCUT2D eigenvalue weighted by Gasteiger charge is 2.09. The summed E-state index contributed by atoms with van der Waals surface area (Å²) in [6.45, 7) is 13.1. The van der Waals surface area contributed by atoms with Gasteiger partial charge < -0.3 is 10.4 Å². The normalized spacial score (nSPS) is 14.4. The molecule has 0 heterocycles. The first-order valence-corrected chi connectivity index (χ1v) is 6.70. The van der Waals surface area contributed by atoms with E-state index in [0.29, 0.717) is 5.41 Å². The van der Waals surface area contributed by atoms with E-state index >= 15 is 0 Å². The third kappa shape index (κ3) is 12.0. The molecular weight excluding hydrogens is 198 g/mol. The lowest BCUT2D eigenvalue weighted by atomic mass is 9.97. The molecule has 0 saturated heterocycles. The molecule has 2 heteroatoms. The summed E-state index contributed by atoms with van der Waals surface area (Å²) in [5, 5.41) is 13.1. The number of rotatable bonds is 8. The van der Waals surface area contributed by atoms with Crippen LogP contribution in [0.2, 0.25) is 0 Å². The molecule has 0 aromatic heterocycles. The number of hydrogen-bond donors (Lipinski definition) is 2. The maximum Gasteiger partial charge on any atom is 0.0552 e. The Kier molecular flexibility index (Phi) is 8.04. The van der Waals surface area contributed by atoms with Crippen molar-refractivity contribution in [1.29, 1.82) is 0 Å². The van der Waals surface area contributed by atoms with Crippen molar-refractivity contribution < 1.29 is 5.11 Å². The quantitative estimate of drug-likeness (QED) is 0.626. The molecule has 0 bridgehead atoms. The zero-order chi connectivity index (χ0) is 12.6. The van der Waals surface area contributed by atoms with E-state index in [1.165, 1.54) is 6.42 Å². The molecule has 0 aliphatic heterocycles. The number of hydrogen-bond acceptors (Lipinski definition) is 2. The Morgan fingerprint density at radius 1 is 1.06 bits per heavy atom. The van der Waals surface area contributed by atoms with Gasteiger partial charge in [-0.2, -0.15) is 0 Å². The van der Waals surface area contributed by atoms with Gasteiger partial charge in [-0.05, 0) is 37.3 Å². The molecule has 0 fully saturated rings. The average molecular weight is 229 g/mol. The van der Waals surface area contributed by atoms with Gasteiger partial charge in [-0.3, -0.25) is 0 Å². The largest absolute Gasteiger partial charge is 0.393 e. The van der Waals surface area contributed by atoms with Crippen LogP contribution >= 0.6 is 0 Å². The fraction of sp³-hybridized carbons (Fsp3) is 1.00. The first-order valence-electron chi connectivity index (χ1n) is 6.70. The Morgan fingerprint density at radius 2 is 1.69 bits per heavy atom. The molecule has 16 heavy (non-hydrogen) atoms. The summed E-state index contributed by atoms with van der Waals surface area (Å²) < 4.78 is 0. The Labute approximate surface area is 102 Å². The van der Waals surface area contributed by atoms with Crippen LogP contribution in [0.15, 0.2) is 0 Å². The second kappa shape index (κ2) is 8.08. The zero-order valence-electron chi connectivity index (χ0n) is 11.8. The summed E-state index contributed by atoms with van der Waals surface area (Å²) >= 11 is 0. The molecule has 0 aliphatic carbocycles. The molecule has 2 N–H and O–H groups in total. The van der Waals surface area contributed by atoms with Crippen molar-refractivity contribution in [2.24, 2.45) is 11.3 Å². The van der Waals surface area contributed by atoms with Gasteiger partial charge in [-0.25, -0.2) is 0 Å². The molecule has 0 aromatic rings. The Balaban J connectivity index is 3.34. The number of aliphatic hydroxyl groups excluding tert-OH is 1. The molecule has 0 saturated carbocycles. The van der Waals surface area contributed by atoms with Crippen molar-refractivity contribution in [3.05, 3.63) is 0 Å². The lowest BCUT2D eigenvalue weighted by molar-refractivity contribution is 0.148. The molecule has 2 nitrogen and oxygen atoms in total. The first kappa shape index (κ1) is 15.9. The van der Waals surface area contributed by atoms with Crippen LogP contribution in [-0.4, -0.2) is 24.3 Å². The maximum absolute atomic E-state index is 9.75. The van der Waals surface area contributed by atoms with Crippen molar-refractivity contribution >= 4 is 0 Å². The van der Waals surface area contributed by atoms with Gasteiger partial charge >= 0.3 is 0 Å². The van der Waals surface area contributed by atoms with Crippen molar-refractivity contribution in [3.8, 4) is 0 Å². The molecule has 0 unspecified atom stereocenters. The first-order chi connectivity index (χ1) is 7.31. The zero-order valence-corrected chi connectivity index (χ0v) is 11.8. The summed E-state index contributed by atoms with van der Waals surface area (Å²) in [6, 6.07) is 0. The van der Waals surface area contributed by atoms with E-state index < -0.39 is 0 Å². The van der Waals surface area contributed by atoms with Crippen molar-refractivity contribution in [3.63, 3.8) is 0 Å². The lowest BCUT2D eigenvalue weighted by Gasteiger charge is -2.19. The highest BCUT2D eigenvalue weighted by Crippen LogP contribution is 2.11. The molecule has 0 radical (unpaired) electrons. The van der Waals surface area contributed by atoms with Crippen molar-refractivity contribution in [1.82, 2.24) is 5.32 Å². The van der Waals surface area contributed by atoms with Crippen LogP contribution in [0.5, 0.6) is 0 Å². The summed E-state index contributed by atoms with van der Waals surface area (Å²) in [5.41, 5.74) is 0.336. The van der Waals surface area contributed by atoms with Gasteiger partial charge in [0, 0.05) is 0 Å². The van der Waals surface area contributed by atoms with Crippen LogP contribution in [0.3, 0.4) is 0 Å². The van der Waals surface area contributed by atoms with E-state index in [4.69, 9.17) is 0 Å². The van der Waals surface area contributed by atoms with Gasteiger partial charge in [0.25, 0.3) is 0 Å². The molecule has 98 valence electrons. The van der Waals surface area contributed by atoms with Crippen molar-refractivity contribution in [2.75, 3.05) is 13.1 Å². The lowest BCUT2D eigenvalue weighted by Crippen LogP contribution is -2.29. The number of aliphatic hydroxyl groups is 1. The van der Waals surface area contributed by atoms with Crippen LogP contribution in [0.4, 0.5) is 0 Å². The van der Waals surface area contributed by atoms with Gasteiger partial charge in [-0.15, -0.1) is 0 Å². The molecule has 0 rings (SSSR count). The molecular formula is C14H31NO. The Morgan fingerprint density at radius 3 is 2.19 bits per heavy atom. The fourth-order valence-corrected chi connectivity index (χ4v) is 1.64. The predicted octanol–water partition coefficient (Wildman–Crippen LogP) is 3.20. The third-order valence-electron chi connectivity index (χ3n) is 2.63. The average Bonchev–Trinajstić information content (AvgIpc) is 2.10. The van der Waals surface area contributed by atoms with E-state index in [1.54, 1.807) is 0 Å².